The molecule has 132 valence electrons. The molecule has 0 aromatic carbocycles. The van der Waals surface area contributed by atoms with E-state index in [-0.39, 0.29) is 18.2 Å². The Hall–Kier alpha value is -1.39. The van der Waals surface area contributed by atoms with Crippen LogP contribution in [0.25, 0.3) is 0 Å². The van der Waals surface area contributed by atoms with Gasteiger partial charge in [-0.15, -0.1) is 0 Å². The van der Waals surface area contributed by atoms with Gasteiger partial charge in [0.2, 0.25) is 0 Å². The molecule has 1 fully saturated rings. The molecule has 0 aromatic rings. The topological polar surface area (TPSA) is 55.8 Å². The van der Waals surface area contributed by atoms with Crippen LogP contribution in [0.15, 0.2) is 34.9 Å². The molecule has 0 amide bonds. The highest BCUT2D eigenvalue weighted by molar-refractivity contribution is 5.92. The average molecular weight is 332 g/mol. The maximum atomic E-state index is 11.9. The third-order valence-electron chi connectivity index (χ3n) is 5.80. The molecule has 0 saturated carbocycles. The number of carbonyl (C=O) groups excluding carboxylic acids is 1. The summed E-state index contributed by atoms with van der Waals surface area (Å²) in [6, 6.07) is 0. The van der Waals surface area contributed by atoms with Gasteiger partial charge in [0.05, 0.1) is 17.8 Å². The third kappa shape index (κ3) is 3.22. The summed E-state index contributed by atoms with van der Waals surface area (Å²) in [4.78, 5) is 11.9. The minimum absolute atomic E-state index is 0.00293. The van der Waals surface area contributed by atoms with Crippen molar-refractivity contribution in [1.82, 2.24) is 0 Å². The fourth-order valence-electron chi connectivity index (χ4n) is 3.94. The molecule has 0 aromatic heterocycles. The molecule has 3 aliphatic heterocycles. The second-order valence-corrected chi connectivity index (χ2v) is 7.66. The lowest BCUT2D eigenvalue weighted by molar-refractivity contribution is -0.138. The molecule has 0 aliphatic carbocycles. The number of fused-ring (bicyclic) bond motifs is 3. The number of carbonyl (C=O) groups is 1. The average Bonchev–Trinajstić information content (AvgIpc) is 3.05. The summed E-state index contributed by atoms with van der Waals surface area (Å²) in [5.74, 6) is -0.221. The molecule has 3 heterocycles. The maximum absolute atomic E-state index is 11.9. The van der Waals surface area contributed by atoms with Crippen molar-refractivity contribution in [3.05, 3.63) is 34.9 Å². The molecule has 1 saturated heterocycles. The molecular formula is C20H28O4. The van der Waals surface area contributed by atoms with E-state index in [4.69, 9.17) is 9.47 Å². The molecule has 1 N–H and O–H groups in total. The van der Waals surface area contributed by atoms with E-state index in [2.05, 4.69) is 6.58 Å². The number of esters is 1. The molecule has 3 rings (SSSR count). The van der Waals surface area contributed by atoms with Gasteiger partial charge in [-0.3, -0.25) is 0 Å². The van der Waals surface area contributed by atoms with Crippen LogP contribution in [0, 0.1) is 0 Å². The first kappa shape index (κ1) is 17.4. The predicted octanol–water partition coefficient (Wildman–Crippen LogP) is 3.60. The van der Waals surface area contributed by atoms with Crippen LogP contribution in [0.3, 0.4) is 0 Å². The molecule has 0 spiro atoms. The van der Waals surface area contributed by atoms with Gasteiger partial charge in [0.25, 0.3) is 0 Å². The van der Waals surface area contributed by atoms with Crippen molar-refractivity contribution in [3.63, 3.8) is 0 Å². The van der Waals surface area contributed by atoms with Crippen molar-refractivity contribution in [2.75, 3.05) is 0 Å². The smallest absolute Gasteiger partial charge is 0.334 e. The van der Waals surface area contributed by atoms with Crippen molar-refractivity contribution in [3.8, 4) is 0 Å². The molecule has 4 nitrogen and oxygen atoms in total. The van der Waals surface area contributed by atoms with Gasteiger partial charge in [-0.2, -0.15) is 0 Å². The van der Waals surface area contributed by atoms with Crippen molar-refractivity contribution in [2.24, 2.45) is 0 Å². The highest BCUT2D eigenvalue weighted by atomic mass is 16.5. The van der Waals surface area contributed by atoms with E-state index in [0.29, 0.717) is 6.42 Å². The standard InChI is InChI=1S/C20H28O4/c1-12-5-8-18(21)20(4)10-9-16(24-20)13(2)6-7-15-14(3)19(22)23-17(15)11-12/h11,16-18,21H,2,5-10H2,1,3-4H3/b12-11+/t16-,17-,18+,20-/m1/s1. The summed E-state index contributed by atoms with van der Waals surface area (Å²) in [6.07, 6.45) is 5.98. The lowest BCUT2D eigenvalue weighted by atomic mass is 9.89. The van der Waals surface area contributed by atoms with E-state index >= 15 is 0 Å². The van der Waals surface area contributed by atoms with Gasteiger partial charge in [-0.05, 0) is 76.5 Å². The molecule has 4 atom stereocenters. The van der Waals surface area contributed by atoms with Crippen LogP contribution in [-0.4, -0.2) is 35.0 Å². The monoisotopic (exact) mass is 332 g/mol. The van der Waals surface area contributed by atoms with Crippen LogP contribution in [-0.2, 0) is 14.3 Å². The van der Waals surface area contributed by atoms with Crippen molar-refractivity contribution >= 4 is 5.97 Å². The molecule has 24 heavy (non-hydrogen) atoms. The fraction of sp³-hybridized carbons (Fsp3) is 0.650. The normalized spacial score (nSPS) is 40.2. The van der Waals surface area contributed by atoms with Gasteiger partial charge in [-0.1, -0.05) is 12.2 Å². The van der Waals surface area contributed by atoms with Gasteiger partial charge < -0.3 is 14.6 Å². The van der Waals surface area contributed by atoms with E-state index in [1.54, 1.807) is 0 Å². The third-order valence-corrected chi connectivity index (χ3v) is 5.80. The quantitative estimate of drug-likeness (QED) is 0.544. The Labute approximate surface area is 144 Å². The molecular weight excluding hydrogens is 304 g/mol. The Balaban J connectivity index is 1.88. The zero-order valence-corrected chi connectivity index (χ0v) is 14.9. The van der Waals surface area contributed by atoms with Crippen molar-refractivity contribution < 1.29 is 19.4 Å². The number of aliphatic hydroxyl groups is 1. The Morgan fingerprint density at radius 3 is 2.75 bits per heavy atom. The van der Waals surface area contributed by atoms with E-state index in [1.807, 2.05) is 26.8 Å². The van der Waals surface area contributed by atoms with E-state index in [0.717, 1.165) is 54.4 Å². The van der Waals surface area contributed by atoms with Gasteiger partial charge in [-0.25, -0.2) is 4.79 Å². The molecule has 4 heteroatoms. The lowest BCUT2D eigenvalue weighted by Gasteiger charge is -2.31. The van der Waals surface area contributed by atoms with Gasteiger partial charge in [0, 0.05) is 5.57 Å². The Bertz CT molecular complexity index is 615. The first-order chi connectivity index (χ1) is 11.3. The zero-order valence-electron chi connectivity index (χ0n) is 14.9. The molecule has 0 radical (unpaired) electrons. The number of rotatable bonds is 0. The largest absolute Gasteiger partial charge is 0.450 e. The summed E-state index contributed by atoms with van der Waals surface area (Å²) in [7, 11) is 0. The Morgan fingerprint density at radius 2 is 2.00 bits per heavy atom. The van der Waals surface area contributed by atoms with Gasteiger partial charge in [0.1, 0.15) is 6.10 Å². The number of allylic oxidation sites excluding steroid dienone is 1. The Morgan fingerprint density at radius 1 is 1.25 bits per heavy atom. The molecule has 0 unspecified atom stereocenters. The van der Waals surface area contributed by atoms with E-state index in [9.17, 15) is 9.90 Å². The van der Waals surface area contributed by atoms with Gasteiger partial charge in [0.15, 0.2) is 0 Å². The van der Waals surface area contributed by atoms with E-state index in [1.165, 1.54) is 0 Å². The van der Waals surface area contributed by atoms with Crippen LogP contribution < -0.4 is 0 Å². The lowest BCUT2D eigenvalue weighted by Crippen LogP contribution is -2.39. The van der Waals surface area contributed by atoms with Crippen LogP contribution in [0.1, 0.15) is 59.3 Å². The zero-order chi connectivity index (χ0) is 17.5. The summed E-state index contributed by atoms with van der Waals surface area (Å²) in [6.45, 7) is 10.1. The summed E-state index contributed by atoms with van der Waals surface area (Å²) in [5, 5.41) is 10.6. The van der Waals surface area contributed by atoms with Crippen LogP contribution in [0.4, 0.5) is 0 Å². The maximum Gasteiger partial charge on any atom is 0.334 e. The van der Waals surface area contributed by atoms with Crippen molar-refractivity contribution in [1.29, 1.82) is 0 Å². The van der Waals surface area contributed by atoms with Gasteiger partial charge >= 0.3 is 5.97 Å². The Kier molecular flexibility index (Phi) is 4.71. The summed E-state index contributed by atoms with van der Waals surface area (Å²) < 4.78 is 11.7. The SMILES string of the molecule is C=C1CCC2=C(C)C(=O)O[C@@H]2/C=C(\C)CC[C@H](O)[C@@]2(C)CC[C@H]1O2. The number of hydrogen-bond acceptors (Lipinski definition) is 4. The first-order valence-electron chi connectivity index (χ1n) is 8.91. The first-order valence-corrected chi connectivity index (χ1v) is 8.91. The minimum Gasteiger partial charge on any atom is -0.450 e. The summed E-state index contributed by atoms with van der Waals surface area (Å²) >= 11 is 0. The second kappa shape index (κ2) is 6.49. The molecule has 3 aliphatic rings. The molecule has 2 bridgehead atoms. The number of aliphatic hydroxyl groups excluding tert-OH is 1. The summed E-state index contributed by atoms with van der Waals surface area (Å²) in [5.41, 5.74) is 3.48. The highest BCUT2D eigenvalue weighted by Gasteiger charge is 2.42. The highest BCUT2D eigenvalue weighted by Crippen LogP contribution is 2.39. The number of ether oxygens (including phenoxy) is 2. The van der Waals surface area contributed by atoms with Crippen LogP contribution in [0.5, 0.6) is 0 Å². The van der Waals surface area contributed by atoms with Crippen molar-refractivity contribution in [2.45, 2.75) is 83.2 Å². The fourth-order valence-corrected chi connectivity index (χ4v) is 3.94. The van der Waals surface area contributed by atoms with E-state index < -0.39 is 11.7 Å². The number of hydrogen-bond donors (Lipinski definition) is 1. The van der Waals surface area contributed by atoms with Crippen LogP contribution in [0.2, 0.25) is 0 Å². The minimum atomic E-state index is -0.498. The second-order valence-electron chi connectivity index (χ2n) is 7.66. The van der Waals surface area contributed by atoms with Crippen LogP contribution >= 0.6 is 0 Å². The predicted molar refractivity (Wildman–Crippen MR) is 92.5 cm³/mol.